The largest absolute Gasteiger partial charge is 0.462 e. The lowest BCUT2D eigenvalue weighted by molar-refractivity contribution is -0.167. The van der Waals surface area contributed by atoms with Gasteiger partial charge in [0.1, 0.15) is 13.2 Å². The maximum absolute atomic E-state index is 12.7. The fraction of sp³-hybridized carbons (Fsp3) is 0.596. The molecular weight excluding hydrogens is 721 g/mol. The second-order valence-corrected chi connectivity index (χ2v) is 14.7. The van der Waals surface area contributed by atoms with E-state index in [1.165, 1.54) is 25.7 Å². The second-order valence-electron chi connectivity index (χ2n) is 14.7. The van der Waals surface area contributed by atoms with E-state index >= 15 is 0 Å². The van der Waals surface area contributed by atoms with E-state index in [1.54, 1.807) is 0 Å². The number of esters is 3. The van der Waals surface area contributed by atoms with Crippen molar-refractivity contribution in [2.75, 3.05) is 13.2 Å². The Bertz CT molecular complexity index is 1240. The van der Waals surface area contributed by atoms with Crippen LogP contribution in [-0.4, -0.2) is 37.2 Å². The van der Waals surface area contributed by atoms with Crippen molar-refractivity contribution in [3.8, 4) is 0 Å². The first kappa shape index (κ1) is 54.1. The maximum Gasteiger partial charge on any atom is 0.306 e. The Balaban J connectivity index is 4.52. The van der Waals surface area contributed by atoms with Crippen LogP contribution in [0.5, 0.6) is 0 Å². The first-order valence-corrected chi connectivity index (χ1v) is 23.0. The third-order valence-electron chi connectivity index (χ3n) is 9.15. The minimum absolute atomic E-state index is 0.106. The monoisotopic (exact) mass is 803 g/mol. The van der Waals surface area contributed by atoms with Crippen LogP contribution in [0.1, 0.15) is 181 Å². The van der Waals surface area contributed by atoms with E-state index in [1.807, 2.05) is 60.8 Å². The van der Waals surface area contributed by atoms with Crippen LogP contribution in [0.4, 0.5) is 0 Å². The van der Waals surface area contributed by atoms with Crippen LogP contribution in [0.3, 0.4) is 0 Å². The molecule has 0 bridgehead atoms. The fourth-order valence-electron chi connectivity index (χ4n) is 5.72. The SMILES string of the molecule is CC\C=C/C=C\C=C/C=C\C=C\C=C/CCCCCC(=O)OCC(COC(=O)CCCCCCC/C=C\CCCC)OC(=O)CCCCCCC/C=C\C/C=C\CC. The lowest BCUT2D eigenvalue weighted by Crippen LogP contribution is -2.30. The van der Waals surface area contributed by atoms with Crippen molar-refractivity contribution in [2.45, 2.75) is 187 Å². The van der Waals surface area contributed by atoms with E-state index in [9.17, 15) is 14.4 Å². The molecule has 0 aromatic carbocycles. The zero-order chi connectivity index (χ0) is 42.3. The van der Waals surface area contributed by atoms with Gasteiger partial charge in [-0.1, -0.05) is 188 Å². The Morgan fingerprint density at radius 2 is 0.759 bits per heavy atom. The van der Waals surface area contributed by atoms with Gasteiger partial charge in [0, 0.05) is 19.3 Å². The van der Waals surface area contributed by atoms with Gasteiger partial charge in [0.15, 0.2) is 6.10 Å². The summed E-state index contributed by atoms with van der Waals surface area (Å²) in [7, 11) is 0. The van der Waals surface area contributed by atoms with Crippen molar-refractivity contribution in [3.05, 3.63) is 109 Å². The predicted molar refractivity (Wildman–Crippen MR) is 247 cm³/mol. The standard InChI is InChI=1S/C52H82O6/c1-4-7-10-13-16-19-22-24-25-26-27-28-31-33-36-39-42-45-51(54)57-48-49(47-56-50(53)44-41-38-35-32-29-21-18-15-12-9-6-3)58-52(55)46-43-40-37-34-30-23-20-17-14-11-8-5-2/h7-8,10-11,13,15-20,22,24-28,31,49H,4-6,9,12,14,21,23,29-30,32-48H2,1-3H3/b10-7-,11-8-,16-13-,18-15-,20-17-,22-19-,25-24-,27-26+,31-28-. The summed E-state index contributed by atoms with van der Waals surface area (Å²) in [6.07, 6.45) is 60.7. The first-order chi connectivity index (χ1) is 28.5. The lowest BCUT2D eigenvalue weighted by Gasteiger charge is -2.18. The van der Waals surface area contributed by atoms with Gasteiger partial charge in [0.05, 0.1) is 0 Å². The first-order valence-electron chi connectivity index (χ1n) is 23.0. The summed E-state index contributed by atoms with van der Waals surface area (Å²) in [4.78, 5) is 37.8. The van der Waals surface area contributed by atoms with Gasteiger partial charge >= 0.3 is 17.9 Å². The molecule has 0 aliphatic carbocycles. The zero-order valence-electron chi connectivity index (χ0n) is 37.0. The van der Waals surface area contributed by atoms with Gasteiger partial charge in [0.2, 0.25) is 0 Å². The predicted octanol–water partition coefficient (Wildman–Crippen LogP) is 14.8. The molecule has 0 heterocycles. The summed E-state index contributed by atoms with van der Waals surface area (Å²) in [5.74, 6) is -0.987. The Kier molecular flexibility index (Phi) is 42.7. The van der Waals surface area contributed by atoms with E-state index in [4.69, 9.17) is 14.2 Å². The van der Waals surface area contributed by atoms with Crippen LogP contribution in [0, 0.1) is 0 Å². The molecule has 58 heavy (non-hydrogen) atoms. The van der Waals surface area contributed by atoms with Crippen molar-refractivity contribution >= 4 is 17.9 Å². The van der Waals surface area contributed by atoms with Gasteiger partial charge in [0.25, 0.3) is 0 Å². The number of rotatable bonds is 39. The summed E-state index contributed by atoms with van der Waals surface area (Å²) < 4.78 is 16.7. The highest BCUT2D eigenvalue weighted by Crippen LogP contribution is 2.12. The molecule has 0 aromatic heterocycles. The van der Waals surface area contributed by atoms with Crippen LogP contribution < -0.4 is 0 Å². The van der Waals surface area contributed by atoms with Crippen molar-refractivity contribution in [2.24, 2.45) is 0 Å². The summed E-state index contributed by atoms with van der Waals surface area (Å²) >= 11 is 0. The molecule has 0 spiro atoms. The lowest BCUT2D eigenvalue weighted by atomic mass is 10.1. The molecule has 0 aromatic rings. The normalized spacial score (nSPS) is 13.1. The molecular formula is C52H82O6. The Morgan fingerprint density at radius 1 is 0.379 bits per heavy atom. The number of carbonyl (C=O) groups is 3. The van der Waals surface area contributed by atoms with Crippen molar-refractivity contribution in [1.29, 1.82) is 0 Å². The quantitative estimate of drug-likeness (QED) is 0.0202. The van der Waals surface area contributed by atoms with Crippen LogP contribution in [0.15, 0.2) is 109 Å². The highest BCUT2D eigenvalue weighted by atomic mass is 16.6. The number of ether oxygens (including phenoxy) is 3. The molecule has 6 nitrogen and oxygen atoms in total. The highest BCUT2D eigenvalue weighted by Gasteiger charge is 2.19. The average molecular weight is 803 g/mol. The van der Waals surface area contributed by atoms with Crippen molar-refractivity contribution in [1.82, 2.24) is 0 Å². The molecule has 0 amide bonds. The van der Waals surface area contributed by atoms with Crippen LogP contribution in [-0.2, 0) is 28.6 Å². The molecule has 0 rings (SSSR count). The average Bonchev–Trinajstić information content (AvgIpc) is 3.22. The molecule has 0 fully saturated rings. The van der Waals surface area contributed by atoms with Gasteiger partial charge in [-0.3, -0.25) is 14.4 Å². The molecule has 6 heteroatoms. The minimum Gasteiger partial charge on any atom is -0.462 e. The van der Waals surface area contributed by atoms with Gasteiger partial charge in [-0.05, 0) is 83.5 Å². The molecule has 0 aliphatic rings. The number of allylic oxidation sites excluding steroid dienone is 18. The Labute approximate surface area is 355 Å². The summed E-state index contributed by atoms with van der Waals surface area (Å²) in [6, 6.07) is 0. The van der Waals surface area contributed by atoms with Gasteiger partial charge in [-0.25, -0.2) is 0 Å². The van der Waals surface area contributed by atoms with E-state index in [0.29, 0.717) is 19.3 Å². The molecule has 0 aliphatic heterocycles. The van der Waals surface area contributed by atoms with Crippen LogP contribution >= 0.6 is 0 Å². The number of unbranched alkanes of at least 4 members (excludes halogenated alkanes) is 15. The number of carbonyl (C=O) groups excluding carboxylic acids is 3. The number of hydrogen-bond donors (Lipinski definition) is 0. The summed E-state index contributed by atoms with van der Waals surface area (Å²) in [6.45, 7) is 6.25. The molecule has 0 N–H and O–H groups in total. The molecule has 1 unspecified atom stereocenters. The second kappa shape index (κ2) is 45.8. The van der Waals surface area contributed by atoms with E-state index < -0.39 is 6.10 Å². The summed E-state index contributed by atoms with van der Waals surface area (Å²) in [5, 5.41) is 0. The topological polar surface area (TPSA) is 78.9 Å². The molecule has 1 atom stereocenters. The van der Waals surface area contributed by atoms with E-state index in [2.05, 4.69) is 69.4 Å². The van der Waals surface area contributed by atoms with Crippen molar-refractivity contribution in [3.63, 3.8) is 0 Å². The Morgan fingerprint density at radius 3 is 1.28 bits per heavy atom. The molecule has 0 radical (unpaired) electrons. The third kappa shape index (κ3) is 43.2. The van der Waals surface area contributed by atoms with Gasteiger partial charge in [-0.2, -0.15) is 0 Å². The molecule has 326 valence electrons. The third-order valence-corrected chi connectivity index (χ3v) is 9.15. The van der Waals surface area contributed by atoms with Crippen LogP contribution in [0.2, 0.25) is 0 Å². The zero-order valence-corrected chi connectivity index (χ0v) is 37.0. The molecule has 0 saturated carbocycles. The number of hydrogen-bond acceptors (Lipinski definition) is 6. The maximum atomic E-state index is 12.7. The smallest absolute Gasteiger partial charge is 0.306 e. The van der Waals surface area contributed by atoms with E-state index in [0.717, 1.165) is 116 Å². The van der Waals surface area contributed by atoms with Crippen molar-refractivity contribution < 1.29 is 28.6 Å². The van der Waals surface area contributed by atoms with E-state index in [-0.39, 0.29) is 31.1 Å². The molecule has 0 saturated heterocycles. The van der Waals surface area contributed by atoms with Crippen LogP contribution in [0.25, 0.3) is 0 Å². The Hall–Kier alpha value is -3.93. The van der Waals surface area contributed by atoms with Gasteiger partial charge < -0.3 is 14.2 Å². The highest BCUT2D eigenvalue weighted by molar-refractivity contribution is 5.71. The summed E-state index contributed by atoms with van der Waals surface area (Å²) in [5.41, 5.74) is 0. The fourth-order valence-corrected chi connectivity index (χ4v) is 5.72. The van der Waals surface area contributed by atoms with Gasteiger partial charge in [-0.15, -0.1) is 0 Å². The minimum atomic E-state index is -0.807.